The van der Waals surface area contributed by atoms with Crippen molar-refractivity contribution in [1.29, 1.82) is 0 Å². The van der Waals surface area contributed by atoms with Gasteiger partial charge in [0.15, 0.2) is 0 Å². The van der Waals surface area contributed by atoms with Gasteiger partial charge >= 0.3 is 0 Å². The molecule has 0 bridgehead atoms. The Morgan fingerprint density at radius 2 is 1.09 bits per heavy atom. The molecule has 0 radical (unpaired) electrons. The van der Waals surface area contributed by atoms with Crippen molar-refractivity contribution in [2.24, 2.45) is 0 Å². The van der Waals surface area contributed by atoms with E-state index in [-0.39, 0.29) is 34.0 Å². The summed E-state index contributed by atoms with van der Waals surface area (Å²) >= 11 is 10.5. The van der Waals surface area contributed by atoms with Crippen molar-refractivity contribution in [3.63, 3.8) is 0 Å². The minimum absolute atomic E-state index is 0.00371. The van der Waals surface area contributed by atoms with Crippen LogP contribution in [0.15, 0.2) is 168 Å². The number of rotatable bonds is 6. The van der Waals surface area contributed by atoms with E-state index in [9.17, 15) is 1.37 Å². The van der Waals surface area contributed by atoms with Crippen molar-refractivity contribution in [2.45, 2.75) is 52.4 Å². The topological polar surface area (TPSA) is 3.24 Å². The number of nitrogens with zero attached hydrogens (tertiary/aromatic N) is 1. The lowest BCUT2D eigenvalue weighted by atomic mass is 9.83. The fourth-order valence-electron chi connectivity index (χ4n) is 7.64. The van der Waals surface area contributed by atoms with Crippen molar-refractivity contribution < 1.29 is 4.11 Å². The minimum atomic E-state index is -0.174. The molecule has 3 heteroatoms. The molecule has 0 N–H and O–H groups in total. The van der Waals surface area contributed by atoms with Crippen LogP contribution in [0.3, 0.4) is 0 Å². The van der Waals surface area contributed by atoms with Crippen molar-refractivity contribution in [2.75, 3.05) is 4.90 Å². The maximum absolute atomic E-state index is 9.30. The van der Waals surface area contributed by atoms with Crippen LogP contribution in [0.25, 0.3) is 54.9 Å². The summed E-state index contributed by atoms with van der Waals surface area (Å²) in [5.74, 6) is 0. The van der Waals surface area contributed by atoms with Gasteiger partial charge in [-0.3, -0.25) is 0 Å². The largest absolute Gasteiger partial charge is 0.310 e. The van der Waals surface area contributed by atoms with Gasteiger partial charge in [-0.05, 0) is 126 Å². The molecule has 0 amide bonds. The fourth-order valence-corrected chi connectivity index (χ4v) is 8.27. The Balaban J connectivity index is 1.43. The minimum Gasteiger partial charge on any atom is -0.310 e. The van der Waals surface area contributed by atoms with Gasteiger partial charge in [0, 0.05) is 26.4 Å². The van der Waals surface area contributed by atoms with E-state index < -0.39 is 0 Å². The molecule has 8 rings (SSSR count). The Labute approximate surface area is 343 Å². The zero-order valence-corrected chi connectivity index (χ0v) is 34.4. The van der Waals surface area contributed by atoms with E-state index in [2.05, 4.69) is 191 Å². The van der Waals surface area contributed by atoms with Gasteiger partial charge in [-0.2, -0.15) is 0 Å². The lowest BCUT2D eigenvalue weighted by molar-refractivity contribution is 0.589. The fraction of sp³-hybridized carbons (Fsp3) is 0.154. The molecule has 0 unspecified atom stereocenters. The summed E-state index contributed by atoms with van der Waals surface area (Å²) in [6, 6.07) is 51.1. The lowest BCUT2D eigenvalue weighted by Crippen LogP contribution is -2.16. The van der Waals surface area contributed by atoms with Crippen molar-refractivity contribution in [1.82, 2.24) is 0 Å². The van der Waals surface area contributed by atoms with Crippen molar-refractivity contribution >= 4 is 66.1 Å². The average molecular weight is 802 g/mol. The van der Waals surface area contributed by atoms with Gasteiger partial charge in [0.1, 0.15) is 0 Å². The van der Waals surface area contributed by atoms with Crippen LogP contribution < -0.4 is 4.90 Å². The maximum atomic E-state index is 9.30. The van der Waals surface area contributed by atoms with Crippen molar-refractivity contribution in [3.05, 3.63) is 184 Å². The quantitative estimate of drug-likeness (QED) is 0.151. The third-order valence-corrected chi connectivity index (χ3v) is 11.1. The highest BCUT2D eigenvalue weighted by atomic mass is 79.9. The molecule has 0 aliphatic carbocycles. The van der Waals surface area contributed by atoms with Crippen LogP contribution in [0.2, 0.25) is 5.02 Å². The van der Waals surface area contributed by atoms with Gasteiger partial charge in [-0.15, -0.1) is 0 Å². The van der Waals surface area contributed by atoms with E-state index in [1.165, 1.54) is 38.2 Å². The first-order valence-corrected chi connectivity index (χ1v) is 19.9. The summed E-state index contributed by atoms with van der Waals surface area (Å²) in [4.78, 5) is 2.04. The SMILES string of the molecule is [2H]c1cc(N(c2cc(Br)cc(C(C)(C)C)c2)c2ccc(C(C)(C)C)cc2-c2cccc(-c3c4ccccc4c(-c4ccccc4)c4ccccc34)c2)c([2H])c(Cl)c1[2H]. The molecule has 0 aliphatic rings. The summed E-state index contributed by atoms with van der Waals surface area (Å²) in [7, 11) is 0. The molecule has 0 aromatic heterocycles. The molecule has 8 aromatic carbocycles. The van der Waals surface area contributed by atoms with Crippen LogP contribution in [0.1, 0.15) is 56.8 Å². The highest BCUT2D eigenvalue weighted by Crippen LogP contribution is 2.47. The second-order valence-electron chi connectivity index (χ2n) is 16.3. The molecule has 0 fully saturated rings. The lowest BCUT2D eigenvalue weighted by Gasteiger charge is -2.31. The second-order valence-corrected chi connectivity index (χ2v) is 17.6. The normalized spacial score (nSPS) is 12.8. The first-order valence-electron chi connectivity index (χ1n) is 20.2. The van der Waals surface area contributed by atoms with Crippen LogP contribution in [0, 0.1) is 0 Å². The molecule has 1 nitrogen and oxygen atoms in total. The summed E-state index contributed by atoms with van der Waals surface area (Å²) < 4.78 is 27.4. The van der Waals surface area contributed by atoms with E-state index in [1.807, 2.05) is 11.0 Å². The molecule has 0 atom stereocenters. The molecular weight excluding hydrogens is 754 g/mol. The number of hydrogen-bond donors (Lipinski definition) is 0. The Hall–Kier alpha value is -5.15. The van der Waals surface area contributed by atoms with Crippen molar-refractivity contribution in [3.8, 4) is 33.4 Å². The average Bonchev–Trinajstić information content (AvgIpc) is 3.20. The smallest absolute Gasteiger partial charge is 0.0661 e. The van der Waals surface area contributed by atoms with Gasteiger partial charge in [-0.25, -0.2) is 0 Å². The van der Waals surface area contributed by atoms with Crippen LogP contribution in [0.4, 0.5) is 17.1 Å². The molecule has 0 saturated carbocycles. The Morgan fingerprint density at radius 3 is 1.71 bits per heavy atom. The van der Waals surface area contributed by atoms with Gasteiger partial charge in [-0.1, -0.05) is 178 Å². The highest BCUT2D eigenvalue weighted by molar-refractivity contribution is 9.10. The van der Waals surface area contributed by atoms with E-state index in [4.69, 9.17) is 14.3 Å². The van der Waals surface area contributed by atoms with E-state index in [0.29, 0.717) is 5.69 Å². The number of halogens is 2. The molecule has 0 heterocycles. The summed E-state index contributed by atoms with van der Waals surface area (Å²) in [6.45, 7) is 13.2. The van der Waals surface area contributed by atoms with Gasteiger partial charge in [0.2, 0.25) is 0 Å². The van der Waals surface area contributed by atoms with Gasteiger partial charge < -0.3 is 4.90 Å². The zero-order valence-electron chi connectivity index (χ0n) is 35.1. The number of hydrogen-bond acceptors (Lipinski definition) is 1. The summed E-state index contributed by atoms with van der Waals surface area (Å²) in [6.07, 6.45) is 0. The molecule has 272 valence electrons. The third kappa shape index (κ3) is 7.22. The predicted octanol–water partition coefficient (Wildman–Crippen LogP) is 16.5. The number of anilines is 3. The summed E-state index contributed by atoms with van der Waals surface area (Å²) in [5, 5.41) is 4.70. The molecule has 0 saturated heterocycles. The second kappa shape index (κ2) is 14.5. The van der Waals surface area contributed by atoms with E-state index in [1.54, 1.807) is 6.07 Å². The molecule has 8 aromatic rings. The molecule has 0 aliphatic heterocycles. The van der Waals surface area contributed by atoms with Crippen LogP contribution in [-0.2, 0) is 10.8 Å². The van der Waals surface area contributed by atoms with E-state index in [0.717, 1.165) is 43.7 Å². The Bertz CT molecular complexity index is 2820. The standard InChI is InChI=1S/C52H45BrClN/c1-51(2,3)37-26-27-48(55(41-21-15-20-40(54)33-41)42-30-38(52(4,5)6)29-39(53)32-42)47(31-37)35-18-14-19-36(28-35)50-45-24-12-10-22-43(45)49(34-16-8-7-9-17-34)44-23-11-13-25-46(44)50/h7-33H,1-6H3/i15D,20D,33D. The molecule has 0 spiro atoms. The van der Waals surface area contributed by atoms with Crippen LogP contribution in [-0.4, -0.2) is 0 Å². The molecule has 55 heavy (non-hydrogen) atoms. The first kappa shape index (κ1) is 33.2. The first-order chi connectivity index (χ1) is 27.6. The maximum Gasteiger partial charge on any atom is 0.0661 e. The number of benzene rings is 8. The predicted molar refractivity (Wildman–Crippen MR) is 243 cm³/mol. The Morgan fingerprint density at radius 1 is 0.527 bits per heavy atom. The van der Waals surface area contributed by atoms with Gasteiger partial charge in [0.05, 0.1) is 9.80 Å². The van der Waals surface area contributed by atoms with Crippen LogP contribution in [0.5, 0.6) is 0 Å². The third-order valence-electron chi connectivity index (χ3n) is 10.4. The Kier molecular flexibility index (Phi) is 8.75. The monoisotopic (exact) mass is 800 g/mol. The summed E-state index contributed by atoms with van der Waals surface area (Å²) in [5.41, 5.74) is 10.7. The highest BCUT2D eigenvalue weighted by Gasteiger charge is 2.25. The van der Waals surface area contributed by atoms with Gasteiger partial charge in [0.25, 0.3) is 0 Å². The number of fused-ring (bicyclic) bond motifs is 2. The molecular formula is C52H45BrClN. The zero-order chi connectivity index (χ0) is 41.1. The van der Waals surface area contributed by atoms with Crippen LogP contribution >= 0.6 is 27.5 Å². The van der Waals surface area contributed by atoms with E-state index >= 15 is 0 Å².